The molecule has 0 unspecified atom stereocenters. The number of rotatable bonds is 7. The third-order valence-electron chi connectivity index (χ3n) is 5.80. The van der Waals surface area contributed by atoms with Gasteiger partial charge >= 0.3 is 17.9 Å². The molecule has 2 fully saturated rings. The Morgan fingerprint density at radius 2 is 1.74 bits per heavy atom. The van der Waals surface area contributed by atoms with E-state index in [1.54, 1.807) is 16.3 Å². The SMILES string of the molecule is CC(=O)OC[C@H]1O[C@@H](n2cnc3c(Cl)nc(SC4CCCCC4)nc32)[C@H](OC(C)=O)[C@@H]1OC(C)=O. The van der Waals surface area contributed by atoms with Gasteiger partial charge in [-0.25, -0.2) is 15.0 Å². The highest BCUT2D eigenvalue weighted by molar-refractivity contribution is 7.99. The third kappa shape index (κ3) is 6.04. The second kappa shape index (κ2) is 11.1. The van der Waals surface area contributed by atoms with Gasteiger partial charge < -0.3 is 18.9 Å². The quantitative estimate of drug-likeness (QED) is 0.228. The minimum Gasteiger partial charge on any atom is -0.463 e. The molecule has 1 saturated carbocycles. The van der Waals surface area contributed by atoms with Crippen LogP contribution < -0.4 is 0 Å². The zero-order valence-electron chi connectivity index (χ0n) is 19.6. The van der Waals surface area contributed by atoms with E-state index in [0.29, 0.717) is 21.6 Å². The number of hydrogen-bond donors (Lipinski definition) is 0. The molecule has 190 valence electrons. The maximum atomic E-state index is 11.9. The van der Waals surface area contributed by atoms with Crippen molar-refractivity contribution in [3.63, 3.8) is 0 Å². The number of halogens is 1. The molecule has 13 heteroatoms. The molecule has 1 saturated heterocycles. The van der Waals surface area contributed by atoms with Crippen LogP contribution in [0.3, 0.4) is 0 Å². The van der Waals surface area contributed by atoms with Gasteiger partial charge in [-0.3, -0.25) is 19.0 Å². The smallest absolute Gasteiger partial charge is 0.303 e. The van der Waals surface area contributed by atoms with Gasteiger partial charge in [0.2, 0.25) is 0 Å². The number of carbonyl (C=O) groups is 3. The molecule has 0 N–H and O–H groups in total. The molecular formula is C22H27ClN4O7S. The summed E-state index contributed by atoms with van der Waals surface area (Å²) in [5.41, 5.74) is 0.748. The number of carbonyl (C=O) groups excluding carboxylic acids is 3. The van der Waals surface area contributed by atoms with Gasteiger partial charge in [-0.15, -0.1) is 0 Å². The highest BCUT2D eigenvalue weighted by Crippen LogP contribution is 2.38. The Labute approximate surface area is 211 Å². The lowest BCUT2D eigenvalue weighted by Crippen LogP contribution is -2.40. The van der Waals surface area contributed by atoms with E-state index >= 15 is 0 Å². The summed E-state index contributed by atoms with van der Waals surface area (Å²) in [5, 5.41) is 1.12. The summed E-state index contributed by atoms with van der Waals surface area (Å²) in [6.45, 7) is 3.53. The molecule has 0 spiro atoms. The fraction of sp³-hybridized carbons (Fsp3) is 0.636. The van der Waals surface area contributed by atoms with Gasteiger partial charge in [0.1, 0.15) is 18.2 Å². The summed E-state index contributed by atoms with van der Waals surface area (Å²) in [7, 11) is 0. The van der Waals surface area contributed by atoms with Crippen molar-refractivity contribution in [2.75, 3.05) is 6.61 Å². The summed E-state index contributed by atoms with van der Waals surface area (Å²) in [6, 6.07) is 0. The summed E-state index contributed by atoms with van der Waals surface area (Å²) in [6.07, 6.45) is 3.30. The van der Waals surface area contributed by atoms with Crippen molar-refractivity contribution in [1.29, 1.82) is 0 Å². The van der Waals surface area contributed by atoms with E-state index in [1.807, 2.05) is 0 Å². The van der Waals surface area contributed by atoms with Crippen LogP contribution in [0.2, 0.25) is 5.15 Å². The lowest BCUT2D eigenvalue weighted by Gasteiger charge is -2.24. The van der Waals surface area contributed by atoms with Gasteiger partial charge in [0.15, 0.2) is 34.4 Å². The number of aromatic nitrogens is 4. The van der Waals surface area contributed by atoms with Crippen LogP contribution in [0.25, 0.3) is 11.2 Å². The molecule has 2 aromatic heterocycles. The molecule has 0 amide bonds. The Kier molecular flexibility index (Phi) is 8.12. The molecule has 2 aromatic rings. The van der Waals surface area contributed by atoms with Crippen molar-refractivity contribution < 1.29 is 33.3 Å². The average molecular weight is 527 g/mol. The standard InChI is InChI=1S/C22H27ClN4O7S/c1-11(28)31-9-15-17(32-12(2)29)18(33-13(3)30)21(34-15)27-10-24-16-19(23)25-22(26-20(16)27)35-14-7-5-4-6-8-14/h10,14-15,17-18,21H,4-9H2,1-3H3/t15-,17-,18-,21-/m1/s1. The molecule has 11 nitrogen and oxygen atoms in total. The van der Waals surface area contributed by atoms with E-state index in [0.717, 1.165) is 12.8 Å². The zero-order valence-corrected chi connectivity index (χ0v) is 21.2. The van der Waals surface area contributed by atoms with Gasteiger partial charge in [0.25, 0.3) is 0 Å². The molecule has 1 aliphatic carbocycles. The number of esters is 3. The minimum absolute atomic E-state index is 0.196. The van der Waals surface area contributed by atoms with E-state index < -0.39 is 42.4 Å². The Hall–Kier alpha value is -2.44. The number of imidazole rings is 1. The van der Waals surface area contributed by atoms with Gasteiger partial charge in [0.05, 0.1) is 6.33 Å². The van der Waals surface area contributed by atoms with E-state index in [1.165, 1.54) is 46.4 Å². The van der Waals surface area contributed by atoms with Crippen LogP contribution in [0.4, 0.5) is 0 Å². The maximum absolute atomic E-state index is 11.9. The number of ether oxygens (including phenoxy) is 4. The average Bonchev–Trinajstić information content (AvgIpc) is 3.34. The topological polar surface area (TPSA) is 132 Å². The minimum atomic E-state index is -1.04. The molecule has 0 aromatic carbocycles. The van der Waals surface area contributed by atoms with Gasteiger partial charge in [-0.1, -0.05) is 42.6 Å². The lowest BCUT2D eigenvalue weighted by molar-refractivity contribution is -0.166. The summed E-state index contributed by atoms with van der Waals surface area (Å²) in [4.78, 5) is 48.6. The fourth-order valence-corrected chi connectivity index (χ4v) is 5.76. The summed E-state index contributed by atoms with van der Waals surface area (Å²) < 4.78 is 23.7. The first-order valence-corrected chi connectivity index (χ1v) is 12.7. The third-order valence-corrected chi connectivity index (χ3v) is 7.26. The highest BCUT2D eigenvalue weighted by atomic mass is 35.5. The molecule has 0 radical (unpaired) electrons. The molecule has 4 atom stereocenters. The Morgan fingerprint density at radius 1 is 1.06 bits per heavy atom. The molecular weight excluding hydrogens is 500 g/mol. The van der Waals surface area contributed by atoms with E-state index in [-0.39, 0.29) is 11.8 Å². The van der Waals surface area contributed by atoms with Crippen molar-refractivity contribution in [3.8, 4) is 0 Å². The summed E-state index contributed by atoms with van der Waals surface area (Å²) in [5.74, 6) is -1.73. The van der Waals surface area contributed by atoms with Crippen LogP contribution >= 0.6 is 23.4 Å². The largest absolute Gasteiger partial charge is 0.463 e. The first kappa shape index (κ1) is 25.6. The van der Waals surface area contributed by atoms with Crippen molar-refractivity contribution in [2.24, 2.45) is 0 Å². The van der Waals surface area contributed by atoms with Gasteiger partial charge in [-0.05, 0) is 12.8 Å². The van der Waals surface area contributed by atoms with Crippen LogP contribution in [-0.4, -0.2) is 67.6 Å². The number of thioether (sulfide) groups is 1. The molecule has 0 bridgehead atoms. The van der Waals surface area contributed by atoms with E-state index in [9.17, 15) is 14.4 Å². The van der Waals surface area contributed by atoms with Crippen LogP contribution in [0.15, 0.2) is 11.5 Å². The van der Waals surface area contributed by atoms with Gasteiger partial charge in [0, 0.05) is 26.0 Å². The molecule has 3 heterocycles. The molecule has 35 heavy (non-hydrogen) atoms. The highest BCUT2D eigenvalue weighted by Gasteiger charge is 2.51. The van der Waals surface area contributed by atoms with Crippen LogP contribution in [0.1, 0.15) is 59.1 Å². The second-order valence-electron chi connectivity index (χ2n) is 8.51. The molecule has 2 aliphatic rings. The molecule has 4 rings (SSSR count). The normalized spacial score (nSPS) is 24.9. The first-order chi connectivity index (χ1) is 16.7. The number of fused-ring (bicyclic) bond motifs is 1. The number of hydrogen-bond acceptors (Lipinski definition) is 11. The predicted molar refractivity (Wildman–Crippen MR) is 125 cm³/mol. The van der Waals surface area contributed by atoms with E-state index in [2.05, 4.69) is 15.0 Å². The summed E-state index contributed by atoms with van der Waals surface area (Å²) >= 11 is 8.02. The van der Waals surface area contributed by atoms with Crippen molar-refractivity contribution in [3.05, 3.63) is 11.5 Å². The van der Waals surface area contributed by atoms with Crippen LogP contribution in [0, 0.1) is 0 Å². The predicted octanol–water partition coefficient (Wildman–Crippen LogP) is 3.23. The Balaban J connectivity index is 1.69. The van der Waals surface area contributed by atoms with Crippen molar-refractivity contribution in [1.82, 2.24) is 19.5 Å². The van der Waals surface area contributed by atoms with E-state index in [4.69, 9.17) is 30.5 Å². The second-order valence-corrected chi connectivity index (χ2v) is 10.1. The Morgan fingerprint density at radius 3 is 2.40 bits per heavy atom. The van der Waals surface area contributed by atoms with Crippen LogP contribution in [0.5, 0.6) is 0 Å². The lowest BCUT2D eigenvalue weighted by atomic mass is 10.0. The van der Waals surface area contributed by atoms with Crippen molar-refractivity contribution in [2.45, 2.75) is 87.8 Å². The Bertz CT molecular complexity index is 1110. The van der Waals surface area contributed by atoms with Crippen molar-refractivity contribution >= 4 is 52.4 Å². The van der Waals surface area contributed by atoms with Crippen LogP contribution in [-0.2, 0) is 33.3 Å². The number of nitrogens with zero attached hydrogens (tertiary/aromatic N) is 4. The zero-order chi connectivity index (χ0) is 25.1. The first-order valence-electron chi connectivity index (χ1n) is 11.4. The monoisotopic (exact) mass is 526 g/mol. The fourth-order valence-electron chi connectivity index (χ4n) is 4.35. The maximum Gasteiger partial charge on any atom is 0.303 e. The molecule has 1 aliphatic heterocycles. The van der Waals surface area contributed by atoms with Gasteiger partial charge in [-0.2, -0.15) is 0 Å².